The first-order valence-electron chi connectivity index (χ1n) is 6.22. The van der Waals surface area contributed by atoms with Gasteiger partial charge in [0.2, 0.25) is 0 Å². The van der Waals surface area contributed by atoms with Crippen LogP contribution in [0.5, 0.6) is 11.5 Å². The lowest BCUT2D eigenvalue weighted by Gasteiger charge is -2.11. The molecule has 0 aliphatic rings. The third kappa shape index (κ3) is 2.28. The summed E-state index contributed by atoms with van der Waals surface area (Å²) in [7, 11) is 0. The van der Waals surface area contributed by atoms with Crippen molar-refractivity contribution in [2.75, 3.05) is 5.73 Å². The molecule has 20 heavy (non-hydrogen) atoms. The highest BCUT2D eigenvalue weighted by Gasteiger charge is 2.09. The molecule has 0 amide bonds. The molecule has 3 aromatic rings. The number of anilines is 1. The Labute approximate surface area is 122 Å². The minimum absolute atomic E-state index is 0.601. The average Bonchev–Trinajstić information content (AvgIpc) is 2.45. The maximum Gasteiger partial charge on any atom is 0.153 e. The average molecular weight is 285 g/mol. The van der Waals surface area contributed by atoms with Gasteiger partial charge in [-0.15, -0.1) is 0 Å². The molecule has 0 aliphatic heterocycles. The number of nitrogen functional groups attached to an aromatic ring is 1. The molecule has 0 saturated carbocycles. The number of benzene rings is 2. The normalized spacial score (nSPS) is 10.7. The molecule has 0 bridgehead atoms. The molecule has 0 radical (unpaired) electrons. The summed E-state index contributed by atoms with van der Waals surface area (Å²) >= 11 is 6.16. The van der Waals surface area contributed by atoms with E-state index in [1.54, 1.807) is 18.3 Å². The third-order valence-electron chi connectivity index (χ3n) is 3.06. The number of pyridine rings is 1. The number of hydrogen-bond acceptors (Lipinski definition) is 3. The Balaban J connectivity index is 2.09. The largest absolute Gasteiger partial charge is 0.453 e. The Morgan fingerprint density at radius 2 is 1.90 bits per heavy atom. The van der Waals surface area contributed by atoms with Crippen LogP contribution < -0.4 is 10.5 Å². The molecule has 0 aliphatic carbocycles. The summed E-state index contributed by atoms with van der Waals surface area (Å²) in [6.45, 7) is 1.99. The number of halogens is 1. The number of ether oxygens (including phenoxy) is 1. The number of fused-ring (bicyclic) bond motifs is 1. The summed E-state index contributed by atoms with van der Waals surface area (Å²) in [4.78, 5) is 4.34. The molecule has 0 fully saturated rings. The maximum absolute atomic E-state index is 6.16. The van der Waals surface area contributed by atoms with Crippen molar-refractivity contribution in [3.05, 3.63) is 59.2 Å². The SMILES string of the molecule is Cc1ccc(Oc2ccc(Cl)c3cccnc23)c(N)c1. The zero-order valence-corrected chi connectivity index (χ0v) is 11.7. The Bertz CT molecular complexity index is 787. The number of nitrogens with two attached hydrogens (primary N) is 1. The lowest BCUT2D eigenvalue weighted by atomic mass is 10.2. The molecule has 2 N–H and O–H groups in total. The highest BCUT2D eigenvalue weighted by Crippen LogP contribution is 2.34. The molecule has 1 aromatic heterocycles. The fourth-order valence-electron chi connectivity index (χ4n) is 2.07. The minimum atomic E-state index is 0.601. The van der Waals surface area contributed by atoms with Crippen molar-refractivity contribution in [1.82, 2.24) is 4.98 Å². The Morgan fingerprint density at radius 1 is 1.10 bits per heavy atom. The second-order valence-electron chi connectivity index (χ2n) is 4.59. The first kappa shape index (κ1) is 12.8. The standard InChI is InChI=1S/C16H13ClN2O/c1-10-4-6-14(13(18)9-10)20-15-7-5-12(17)11-3-2-8-19-16(11)15/h2-9H,18H2,1H3. The molecular formula is C16H13ClN2O. The van der Waals surface area contributed by atoms with Crippen LogP contribution in [0, 0.1) is 6.92 Å². The highest BCUT2D eigenvalue weighted by molar-refractivity contribution is 6.35. The van der Waals surface area contributed by atoms with E-state index in [1.807, 2.05) is 37.3 Å². The zero-order chi connectivity index (χ0) is 14.1. The van der Waals surface area contributed by atoms with Crippen molar-refractivity contribution in [2.45, 2.75) is 6.92 Å². The van der Waals surface area contributed by atoms with Crippen LogP contribution in [-0.2, 0) is 0 Å². The number of rotatable bonds is 2. The molecule has 0 atom stereocenters. The minimum Gasteiger partial charge on any atom is -0.453 e. The second-order valence-corrected chi connectivity index (χ2v) is 5.00. The van der Waals surface area contributed by atoms with Crippen molar-refractivity contribution in [1.29, 1.82) is 0 Å². The lowest BCUT2D eigenvalue weighted by molar-refractivity contribution is 0.489. The van der Waals surface area contributed by atoms with Crippen molar-refractivity contribution in [3.63, 3.8) is 0 Å². The molecule has 3 rings (SSSR count). The van der Waals surface area contributed by atoms with Crippen molar-refractivity contribution < 1.29 is 4.74 Å². The number of hydrogen-bond donors (Lipinski definition) is 1. The van der Waals surface area contributed by atoms with Crippen LogP contribution in [0.15, 0.2) is 48.7 Å². The van der Waals surface area contributed by atoms with Crippen LogP contribution in [0.3, 0.4) is 0 Å². The molecule has 0 unspecified atom stereocenters. The topological polar surface area (TPSA) is 48.1 Å². The van der Waals surface area contributed by atoms with Gasteiger partial charge in [0.1, 0.15) is 11.3 Å². The molecular weight excluding hydrogens is 272 g/mol. The molecule has 100 valence electrons. The van der Waals surface area contributed by atoms with Gasteiger partial charge in [-0.1, -0.05) is 17.7 Å². The van der Waals surface area contributed by atoms with E-state index in [-0.39, 0.29) is 0 Å². The molecule has 1 heterocycles. The summed E-state index contributed by atoms with van der Waals surface area (Å²) in [6.07, 6.45) is 1.71. The Hall–Kier alpha value is -2.26. The van der Waals surface area contributed by atoms with Crippen LogP contribution in [0.2, 0.25) is 5.02 Å². The van der Waals surface area contributed by atoms with E-state index in [2.05, 4.69) is 4.98 Å². The summed E-state index contributed by atoms with van der Waals surface area (Å²) in [5.41, 5.74) is 8.39. The molecule has 2 aromatic carbocycles. The zero-order valence-electron chi connectivity index (χ0n) is 10.9. The van der Waals surface area contributed by atoms with Crippen LogP contribution in [0.1, 0.15) is 5.56 Å². The molecule has 0 spiro atoms. The third-order valence-corrected chi connectivity index (χ3v) is 3.39. The van der Waals surface area contributed by atoms with Crippen molar-refractivity contribution in [3.8, 4) is 11.5 Å². The number of aromatic nitrogens is 1. The summed E-state index contributed by atoms with van der Waals surface area (Å²) in [5, 5.41) is 1.51. The van der Waals surface area contributed by atoms with Crippen molar-refractivity contribution in [2.24, 2.45) is 0 Å². The van der Waals surface area contributed by atoms with E-state index in [4.69, 9.17) is 22.1 Å². The first-order valence-corrected chi connectivity index (χ1v) is 6.60. The van der Waals surface area contributed by atoms with Gasteiger partial charge >= 0.3 is 0 Å². The Morgan fingerprint density at radius 3 is 2.70 bits per heavy atom. The highest BCUT2D eigenvalue weighted by atomic mass is 35.5. The Kier molecular flexibility index (Phi) is 3.20. The van der Waals surface area contributed by atoms with E-state index in [1.165, 1.54) is 0 Å². The lowest BCUT2D eigenvalue weighted by Crippen LogP contribution is -1.94. The van der Waals surface area contributed by atoms with E-state index < -0.39 is 0 Å². The number of nitrogens with zero attached hydrogens (tertiary/aromatic N) is 1. The van der Waals surface area contributed by atoms with E-state index >= 15 is 0 Å². The van der Waals surface area contributed by atoms with Gasteiger partial charge in [0, 0.05) is 11.6 Å². The van der Waals surface area contributed by atoms with Gasteiger partial charge in [0.15, 0.2) is 5.75 Å². The van der Waals surface area contributed by atoms with Gasteiger partial charge in [0.25, 0.3) is 0 Å². The summed E-state index contributed by atoms with van der Waals surface area (Å²) in [5.74, 6) is 1.26. The molecule has 0 saturated heterocycles. The van der Waals surface area contributed by atoms with Crippen LogP contribution in [0.25, 0.3) is 10.9 Å². The fraction of sp³-hybridized carbons (Fsp3) is 0.0625. The van der Waals surface area contributed by atoms with Gasteiger partial charge in [-0.05, 0) is 48.9 Å². The van der Waals surface area contributed by atoms with Gasteiger partial charge in [0.05, 0.1) is 10.7 Å². The monoisotopic (exact) mass is 284 g/mol. The van der Waals surface area contributed by atoms with Gasteiger partial charge in [-0.2, -0.15) is 0 Å². The molecule has 3 nitrogen and oxygen atoms in total. The predicted octanol–water partition coefficient (Wildman–Crippen LogP) is 4.57. The van der Waals surface area contributed by atoms with E-state index in [0.29, 0.717) is 22.2 Å². The number of aryl methyl sites for hydroxylation is 1. The van der Waals surface area contributed by atoms with E-state index in [0.717, 1.165) is 16.5 Å². The quantitative estimate of drug-likeness (QED) is 0.701. The van der Waals surface area contributed by atoms with Crippen LogP contribution in [-0.4, -0.2) is 4.98 Å². The summed E-state index contributed by atoms with van der Waals surface area (Å²) in [6, 6.07) is 13.0. The second kappa shape index (κ2) is 5.02. The fourth-order valence-corrected chi connectivity index (χ4v) is 2.29. The van der Waals surface area contributed by atoms with Gasteiger partial charge in [-0.3, -0.25) is 4.98 Å². The van der Waals surface area contributed by atoms with E-state index in [9.17, 15) is 0 Å². The maximum atomic E-state index is 6.16. The van der Waals surface area contributed by atoms with Gasteiger partial charge in [-0.25, -0.2) is 0 Å². The van der Waals surface area contributed by atoms with Crippen molar-refractivity contribution >= 4 is 28.2 Å². The van der Waals surface area contributed by atoms with Crippen LogP contribution >= 0.6 is 11.6 Å². The summed E-state index contributed by atoms with van der Waals surface area (Å²) < 4.78 is 5.89. The molecule has 4 heteroatoms. The van der Waals surface area contributed by atoms with Crippen LogP contribution in [0.4, 0.5) is 5.69 Å². The predicted molar refractivity (Wildman–Crippen MR) is 82.4 cm³/mol. The first-order chi connectivity index (χ1) is 9.65. The van der Waals surface area contributed by atoms with Gasteiger partial charge < -0.3 is 10.5 Å². The smallest absolute Gasteiger partial charge is 0.153 e.